The Kier molecular flexibility index (Phi) is 6.56. The van der Waals surface area contributed by atoms with Crippen molar-refractivity contribution >= 4 is 27.3 Å². The van der Waals surface area contributed by atoms with E-state index in [1.807, 2.05) is 0 Å². The number of benzene rings is 1. The number of aliphatic hydroxyl groups excluding tert-OH is 2. The second-order valence-electron chi connectivity index (χ2n) is 7.48. The summed E-state index contributed by atoms with van der Waals surface area (Å²) in [7, 11) is -3.75. The molecule has 4 rings (SSSR count). The molecule has 2 aromatic heterocycles. The van der Waals surface area contributed by atoms with E-state index in [1.165, 1.54) is 41.5 Å². The van der Waals surface area contributed by atoms with Gasteiger partial charge in [-0.3, -0.25) is 9.12 Å². The van der Waals surface area contributed by atoms with Gasteiger partial charge < -0.3 is 25.0 Å². The number of rotatable bonds is 7. The van der Waals surface area contributed by atoms with Gasteiger partial charge in [0, 0.05) is 13.6 Å². The minimum Gasteiger partial charge on any atom is -0.406 e. The number of halogens is 3. The first-order valence-corrected chi connectivity index (χ1v) is 11.2. The van der Waals surface area contributed by atoms with E-state index >= 15 is 0 Å². The van der Waals surface area contributed by atoms with E-state index in [9.17, 15) is 36.4 Å². The van der Waals surface area contributed by atoms with Crippen LogP contribution in [0.25, 0.3) is 11.2 Å². The quantitative estimate of drug-likeness (QED) is 0.322. The number of fused-ring (bicyclic) bond motifs is 1. The molecule has 0 saturated carbocycles. The Balaban J connectivity index is 1.52. The van der Waals surface area contributed by atoms with Crippen LogP contribution in [0.5, 0.6) is 5.75 Å². The summed E-state index contributed by atoms with van der Waals surface area (Å²) in [6, 6.07) is 5.19. The van der Waals surface area contributed by atoms with E-state index in [2.05, 4.69) is 25.0 Å². The summed E-state index contributed by atoms with van der Waals surface area (Å²) in [5, 5.41) is 23.6. The van der Waals surface area contributed by atoms with Crippen molar-refractivity contribution in [3.63, 3.8) is 0 Å². The molecule has 3 heterocycles. The van der Waals surface area contributed by atoms with Gasteiger partial charge in [-0.05, 0) is 17.7 Å². The maximum atomic E-state index is 12.3. The molecule has 1 saturated heterocycles. The van der Waals surface area contributed by atoms with Crippen LogP contribution in [-0.4, -0.2) is 78.9 Å². The largest absolute Gasteiger partial charge is 0.573 e. The molecule has 4 atom stereocenters. The Morgan fingerprint density at radius 3 is 2.49 bits per heavy atom. The number of ether oxygens (including phenoxy) is 2. The number of aliphatic hydroxyl groups is 2. The SMILES string of the molecule is CN([C@@H]1O[C@@H](n2cnc3c(NCc4ccc(OC(F)(F)F)cc4)ncnc32)[C@H](O)[C@@H]1O)S(=O)(=O)O. The molecular weight excluding hydrogens is 501 g/mol. The normalized spacial score (nSPS) is 23.2. The molecule has 35 heavy (non-hydrogen) atoms. The molecular formula is C18H19F3N6O7S. The molecule has 1 aromatic carbocycles. The molecule has 0 bridgehead atoms. The van der Waals surface area contributed by atoms with Crippen LogP contribution < -0.4 is 10.1 Å². The van der Waals surface area contributed by atoms with E-state index in [0.717, 1.165) is 7.05 Å². The fourth-order valence-electron chi connectivity index (χ4n) is 3.47. The minimum absolute atomic E-state index is 0.160. The van der Waals surface area contributed by atoms with E-state index in [-0.39, 0.29) is 29.3 Å². The van der Waals surface area contributed by atoms with Crippen molar-refractivity contribution in [2.75, 3.05) is 12.4 Å². The zero-order chi connectivity index (χ0) is 25.5. The highest BCUT2D eigenvalue weighted by molar-refractivity contribution is 7.83. The third-order valence-electron chi connectivity index (χ3n) is 5.19. The molecule has 17 heteroatoms. The average Bonchev–Trinajstić information content (AvgIpc) is 3.32. The van der Waals surface area contributed by atoms with Gasteiger partial charge in [0.2, 0.25) is 0 Å². The van der Waals surface area contributed by atoms with Crippen molar-refractivity contribution in [2.24, 2.45) is 0 Å². The maximum absolute atomic E-state index is 12.3. The Bertz CT molecular complexity index is 1300. The summed E-state index contributed by atoms with van der Waals surface area (Å²) in [6.07, 6.45) is -8.52. The standard InChI is InChI=1S/C18H19F3N6O7S/c1-26(35(30,31)32)16-12(28)13(29)17(33-16)27-8-25-11-14(23-7-24-15(11)27)22-6-9-2-4-10(5-3-9)34-18(19,20)21/h2-5,7-8,12-13,16-17,28-29H,6H2,1H3,(H,22,23,24)(H,30,31,32)/t12-,13+,16+,17+/m0/s1. The van der Waals surface area contributed by atoms with Crippen LogP contribution in [0.3, 0.4) is 0 Å². The average molecular weight is 520 g/mol. The van der Waals surface area contributed by atoms with Crippen LogP contribution >= 0.6 is 0 Å². The Labute approximate surface area is 195 Å². The van der Waals surface area contributed by atoms with Crippen LogP contribution in [0.1, 0.15) is 11.8 Å². The van der Waals surface area contributed by atoms with E-state index in [0.29, 0.717) is 9.87 Å². The lowest BCUT2D eigenvalue weighted by atomic mass is 10.2. The van der Waals surface area contributed by atoms with Crippen molar-refractivity contribution in [3.05, 3.63) is 42.5 Å². The number of nitrogens with one attached hydrogen (secondary N) is 1. The molecule has 4 N–H and O–H groups in total. The van der Waals surface area contributed by atoms with Gasteiger partial charge >= 0.3 is 16.7 Å². The Morgan fingerprint density at radius 1 is 1.17 bits per heavy atom. The number of nitrogens with zero attached hydrogens (tertiary/aromatic N) is 5. The lowest BCUT2D eigenvalue weighted by Gasteiger charge is -2.22. The molecule has 0 radical (unpaired) electrons. The Morgan fingerprint density at radius 2 is 1.86 bits per heavy atom. The first kappa shape index (κ1) is 25.0. The van der Waals surface area contributed by atoms with Crippen LogP contribution in [-0.2, 0) is 21.6 Å². The zero-order valence-electron chi connectivity index (χ0n) is 17.7. The predicted octanol–water partition coefficient (Wildman–Crippen LogP) is 0.648. The Hall–Kier alpha value is -3.09. The molecule has 13 nitrogen and oxygen atoms in total. The van der Waals surface area contributed by atoms with Crippen molar-refractivity contribution in [2.45, 2.75) is 37.6 Å². The number of likely N-dealkylation sites (N-methyl/N-ethyl adjacent to an activating group) is 1. The number of anilines is 1. The van der Waals surface area contributed by atoms with E-state index in [4.69, 9.17) is 4.74 Å². The van der Waals surface area contributed by atoms with Crippen molar-refractivity contribution in [3.8, 4) is 5.75 Å². The first-order chi connectivity index (χ1) is 16.3. The predicted molar refractivity (Wildman–Crippen MR) is 111 cm³/mol. The van der Waals surface area contributed by atoms with E-state index in [1.54, 1.807) is 0 Å². The topological polar surface area (TPSA) is 172 Å². The van der Waals surface area contributed by atoms with Gasteiger partial charge in [0.25, 0.3) is 0 Å². The van der Waals surface area contributed by atoms with Crippen LogP contribution in [0.2, 0.25) is 0 Å². The molecule has 1 aliphatic heterocycles. The minimum atomic E-state index is -4.79. The second kappa shape index (κ2) is 9.17. The summed E-state index contributed by atoms with van der Waals surface area (Å²) in [6.45, 7) is 0.160. The fraction of sp³-hybridized carbons (Fsp3) is 0.389. The van der Waals surface area contributed by atoms with Gasteiger partial charge in [0.05, 0.1) is 6.33 Å². The third-order valence-corrected chi connectivity index (χ3v) is 6.12. The summed E-state index contributed by atoms with van der Waals surface area (Å²) in [4.78, 5) is 12.4. The van der Waals surface area contributed by atoms with Gasteiger partial charge in [0.1, 0.15) is 24.3 Å². The maximum Gasteiger partial charge on any atom is 0.573 e. The number of imidazole rings is 1. The first-order valence-electron chi connectivity index (χ1n) is 9.83. The van der Waals surface area contributed by atoms with Gasteiger partial charge in [-0.25, -0.2) is 15.0 Å². The molecule has 0 unspecified atom stereocenters. The molecule has 0 aliphatic carbocycles. The number of aromatic nitrogens is 4. The highest BCUT2D eigenvalue weighted by Gasteiger charge is 2.48. The fourth-order valence-corrected chi connectivity index (χ4v) is 3.90. The summed E-state index contributed by atoms with van der Waals surface area (Å²) < 4.78 is 79.8. The smallest absolute Gasteiger partial charge is 0.406 e. The van der Waals surface area contributed by atoms with Crippen molar-refractivity contribution in [1.82, 2.24) is 23.8 Å². The number of hydrogen-bond donors (Lipinski definition) is 4. The van der Waals surface area contributed by atoms with Gasteiger partial charge in [0.15, 0.2) is 29.4 Å². The van der Waals surface area contributed by atoms with Crippen molar-refractivity contribution in [1.29, 1.82) is 0 Å². The van der Waals surface area contributed by atoms with Crippen molar-refractivity contribution < 1.29 is 45.8 Å². The highest BCUT2D eigenvalue weighted by Crippen LogP contribution is 2.34. The molecule has 1 aliphatic rings. The zero-order valence-corrected chi connectivity index (χ0v) is 18.5. The van der Waals surface area contributed by atoms with Crippen LogP contribution in [0, 0.1) is 0 Å². The third kappa shape index (κ3) is 5.29. The monoisotopic (exact) mass is 520 g/mol. The summed E-state index contributed by atoms with van der Waals surface area (Å²) in [5.74, 6) is -0.108. The summed E-state index contributed by atoms with van der Waals surface area (Å²) >= 11 is 0. The van der Waals surface area contributed by atoms with Crippen LogP contribution in [0.15, 0.2) is 36.9 Å². The second-order valence-corrected chi connectivity index (χ2v) is 8.96. The molecule has 190 valence electrons. The molecule has 0 amide bonds. The summed E-state index contributed by atoms with van der Waals surface area (Å²) in [5.41, 5.74) is 1.02. The molecule has 3 aromatic rings. The molecule has 0 spiro atoms. The van der Waals surface area contributed by atoms with Gasteiger partial charge in [-0.1, -0.05) is 12.1 Å². The lowest BCUT2D eigenvalue weighted by Crippen LogP contribution is -2.44. The lowest BCUT2D eigenvalue weighted by molar-refractivity contribution is -0.274. The van der Waals surface area contributed by atoms with Gasteiger partial charge in [-0.15, -0.1) is 13.2 Å². The highest BCUT2D eigenvalue weighted by atomic mass is 32.2. The number of alkyl halides is 3. The van der Waals surface area contributed by atoms with E-state index < -0.39 is 41.3 Å². The number of hydrogen-bond acceptors (Lipinski definition) is 10. The van der Waals surface area contributed by atoms with Crippen LogP contribution in [0.4, 0.5) is 19.0 Å². The molecule has 1 fully saturated rings. The van der Waals surface area contributed by atoms with Gasteiger partial charge in [-0.2, -0.15) is 12.7 Å².